The van der Waals surface area contributed by atoms with Gasteiger partial charge in [0.05, 0.1) is 11.3 Å². The van der Waals surface area contributed by atoms with Crippen LogP contribution in [-0.4, -0.2) is 29.8 Å². The van der Waals surface area contributed by atoms with Gasteiger partial charge >= 0.3 is 0 Å². The molecule has 2 aliphatic heterocycles. The van der Waals surface area contributed by atoms with Gasteiger partial charge in [-0.3, -0.25) is 9.59 Å². The van der Waals surface area contributed by atoms with Crippen molar-refractivity contribution >= 4 is 34.4 Å². The van der Waals surface area contributed by atoms with E-state index < -0.39 is 0 Å². The van der Waals surface area contributed by atoms with Gasteiger partial charge in [0.25, 0.3) is 11.8 Å². The lowest BCUT2D eigenvalue weighted by Crippen LogP contribution is -2.38. The number of imide groups is 1. The van der Waals surface area contributed by atoms with Crippen LogP contribution in [0.4, 0.5) is 5.69 Å². The second-order valence-electron chi connectivity index (χ2n) is 8.06. The quantitative estimate of drug-likeness (QED) is 0.694. The second-order valence-corrected chi connectivity index (χ2v) is 9.01. The number of carbonyl (C=O) groups excluding carboxylic acids is 2. The normalized spacial score (nSPS) is 18.7. The van der Waals surface area contributed by atoms with E-state index in [1.54, 1.807) is 0 Å². The molecule has 4 rings (SSSR count). The van der Waals surface area contributed by atoms with Crippen LogP contribution in [0.15, 0.2) is 47.5 Å². The molecule has 28 heavy (non-hydrogen) atoms. The number of rotatable bonds is 4. The van der Waals surface area contributed by atoms with Crippen molar-refractivity contribution in [3.63, 3.8) is 0 Å². The molecule has 1 fully saturated rings. The van der Waals surface area contributed by atoms with E-state index in [4.69, 9.17) is 0 Å². The number of likely N-dealkylation sites (tertiary alicyclic amines) is 1. The van der Waals surface area contributed by atoms with Crippen LogP contribution < -0.4 is 4.90 Å². The Morgan fingerprint density at radius 2 is 1.68 bits per heavy atom. The summed E-state index contributed by atoms with van der Waals surface area (Å²) in [6.45, 7) is 8.16. The highest BCUT2D eigenvalue weighted by Gasteiger charge is 2.43. The Morgan fingerprint density at radius 1 is 1.00 bits per heavy atom. The molecular formula is C23H26N2O2S. The van der Waals surface area contributed by atoms with Crippen molar-refractivity contribution in [3.05, 3.63) is 57.9 Å². The van der Waals surface area contributed by atoms with Crippen molar-refractivity contribution in [1.29, 1.82) is 0 Å². The van der Waals surface area contributed by atoms with Gasteiger partial charge in [-0.2, -0.15) is 0 Å². The van der Waals surface area contributed by atoms with Gasteiger partial charge in [-0.05, 0) is 53.8 Å². The molecule has 1 aromatic carbocycles. The molecule has 2 aromatic rings. The van der Waals surface area contributed by atoms with Gasteiger partial charge in [0.1, 0.15) is 5.70 Å². The van der Waals surface area contributed by atoms with Gasteiger partial charge in [0.2, 0.25) is 0 Å². The Kier molecular flexibility index (Phi) is 5.11. The van der Waals surface area contributed by atoms with Crippen LogP contribution in [-0.2, 0) is 9.59 Å². The highest BCUT2D eigenvalue weighted by molar-refractivity contribution is 7.11. The summed E-state index contributed by atoms with van der Waals surface area (Å²) in [7, 11) is 0. The third-order valence-electron chi connectivity index (χ3n) is 5.74. The summed E-state index contributed by atoms with van der Waals surface area (Å²) in [6, 6.07) is 11.7. The number of carbonyl (C=O) groups is 2. The van der Waals surface area contributed by atoms with Gasteiger partial charge < -0.3 is 4.90 Å². The van der Waals surface area contributed by atoms with E-state index in [1.807, 2.05) is 41.8 Å². The maximum absolute atomic E-state index is 13.4. The summed E-state index contributed by atoms with van der Waals surface area (Å²) in [5.74, 6) is 0.664. The monoisotopic (exact) mass is 394 g/mol. The highest BCUT2D eigenvalue weighted by Crippen LogP contribution is 2.38. The molecule has 0 saturated carbocycles. The van der Waals surface area contributed by atoms with Crippen LogP contribution in [0.2, 0.25) is 0 Å². The minimum Gasteiger partial charge on any atom is -0.366 e. The van der Waals surface area contributed by atoms with Crippen LogP contribution in [0.3, 0.4) is 0 Å². The Hall–Kier alpha value is -2.40. The molecule has 2 aliphatic rings. The number of thiophene rings is 1. The van der Waals surface area contributed by atoms with Crippen LogP contribution in [0.5, 0.6) is 0 Å². The van der Waals surface area contributed by atoms with E-state index >= 15 is 0 Å². The number of amides is 2. The zero-order valence-corrected chi connectivity index (χ0v) is 17.5. The smallest absolute Gasteiger partial charge is 0.282 e. The Bertz CT molecular complexity index is 905. The summed E-state index contributed by atoms with van der Waals surface area (Å²) in [5.41, 5.74) is 2.98. The van der Waals surface area contributed by atoms with Crippen molar-refractivity contribution in [2.45, 2.75) is 39.5 Å². The van der Waals surface area contributed by atoms with Crippen LogP contribution >= 0.6 is 11.3 Å². The molecule has 0 atom stereocenters. The first kappa shape index (κ1) is 18.9. The van der Waals surface area contributed by atoms with E-state index in [0.29, 0.717) is 28.8 Å². The molecule has 0 unspecified atom stereocenters. The maximum atomic E-state index is 13.4. The fraction of sp³-hybridized carbons (Fsp3) is 0.391. The first-order valence-corrected chi connectivity index (χ1v) is 10.9. The van der Waals surface area contributed by atoms with Crippen LogP contribution in [0, 0.1) is 5.92 Å². The lowest BCUT2D eigenvalue weighted by Gasteiger charge is -2.32. The molecular weight excluding hydrogens is 368 g/mol. The van der Waals surface area contributed by atoms with Crippen molar-refractivity contribution in [1.82, 2.24) is 4.90 Å². The number of hydrogen-bond donors (Lipinski definition) is 0. The summed E-state index contributed by atoms with van der Waals surface area (Å²) in [5, 5.41) is 1.95. The molecule has 0 radical (unpaired) electrons. The first-order valence-electron chi connectivity index (χ1n) is 9.99. The van der Waals surface area contributed by atoms with Crippen LogP contribution in [0.25, 0.3) is 5.57 Å². The molecule has 0 aliphatic carbocycles. The molecule has 1 aromatic heterocycles. The van der Waals surface area contributed by atoms with Gasteiger partial charge in [-0.25, -0.2) is 4.90 Å². The fourth-order valence-corrected chi connectivity index (χ4v) is 4.69. The lowest BCUT2D eigenvalue weighted by molar-refractivity contribution is -0.120. The largest absolute Gasteiger partial charge is 0.366 e. The summed E-state index contributed by atoms with van der Waals surface area (Å²) < 4.78 is 0. The minimum absolute atomic E-state index is 0.194. The van der Waals surface area contributed by atoms with Crippen LogP contribution in [0.1, 0.15) is 50.0 Å². The highest BCUT2D eigenvalue weighted by atomic mass is 32.1. The zero-order chi connectivity index (χ0) is 19.8. The number of hydrogen-bond acceptors (Lipinski definition) is 4. The van der Waals surface area contributed by atoms with Gasteiger partial charge in [-0.1, -0.05) is 39.0 Å². The van der Waals surface area contributed by atoms with Gasteiger partial charge in [-0.15, -0.1) is 11.3 Å². The van der Waals surface area contributed by atoms with E-state index in [2.05, 4.69) is 25.7 Å². The molecule has 0 bridgehead atoms. The Balaban J connectivity index is 1.73. The minimum atomic E-state index is -0.210. The van der Waals surface area contributed by atoms with E-state index in [0.717, 1.165) is 30.8 Å². The first-order chi connectivity index (χ1) is 13.5. The third kappa shape index (κ3) is 3.28. The zero-order valence-electron chi connectivity index (χ0n) is 16.6. The SMILES string of the molecule is CC1CCN(C2=C(c3cccs3)C(=O)N(c3ccc(C(C)C)cc3)C2=O)CC1. The van der Waals surface area contributed by atoms with E-state index in [1.165, 1.54) is 21.8 Å². The summed E-state index contributed by atoms with van der Waals surface area (Å²) >= 11 is 1.51. The number of benzene rings is 1. The topological polar surface area (TPSA) is 40.6 Å². The van der Waals surface area contributed by atoms with Crippen molar-refractivity contribution in [2.75, 3.05) is 18.0 Å². The maximum Gasteiger partial charge on any atom is 0.282 e. The Morgan fingerprint density at radius 3 is 2.25 bits per heavy atom. The van der Waals surface area contributed by atoms with Gasteiger partial charge in [0.15, 0.2) is 0 Å². The fourth-order valence-electron chi connectivity index (χ4n) is 3.93. The molecule has 0 N–H and O–H groups in total. The predicted molar refractivity (Wildman–Crippen MR) is 114 cm³/mol. The predicted octanol–water partition coefficient (Wildman–Crippen LogP) is 4.89. The summed E-state index contributed by atoms with van der Waals surface area (Å²) in [6.07, 6.45) is 2.09. The molecule has 0 spiro atoms. The second kappa shape index (κ2) is 7.55. The molecule has 3 heterocycles. The number of nitrogens with zero attached hydrogens (tertiary/aromatic N) is 2. The Labute approximate surface area is 170 Å². The average molecular weight is 395 g/mol. The molecule has 146 valence electrons. The molecule has 5 heteroatoms. The molecule has 2 amide bonds. The molecule has 4 nitrogen and oxygen atoms in total. The van der Waals surface area contributed by atoms with Gasteiger partial charge in [0, 0.05) is 18.0 Å². The molecule has 1 saturated heterocycles. The van der Waals surface area contributed by atoms with Crippen molar-refractivity contribution in [3.8, 4) is 0 Å². The third-order valence-corrected chi connectivity index (χ3v) is 6.63. The van der Waals surface area contributed by atoms with E-state index in [9.17, 15) is 9.59 Å². The lowest BCUT2D eigenvalue weighted by atomic mass is 9.98. The van der Waals surface area contributed by atoms with Crippen molar-refractivity contribution < 1.29 is 9.59 Å². The van der Waals surface area contributed by atoms with E-state index in [-0.39, 0.29) is 11.8 Å². The van der Waals surface area contributed by atoms with Crippen molar-refractivity contribution in [2.24, 2.45) is 5.92 Å². The number of anilines is 1. The number of piperidine rings is 1. The summed E-state index contributed by atoms with van der Waals surface area (Å²) in [4.78, 5) is 31.2. The standard InChI is InChI=1S/C23H26N2O2S/c1-15(2)17-6-8-18(9-7-17)25-22(26)20(19-5-4-14-28-19)21(23(25)27)24-12-10-16(3)11-13-24/h4-9,14-16H,10-13H2,1-3H3. The average Bonchev–Trinajstić information content (AvgIpc) is 3.29.